The predicted octanol–water partition coefficient (Wildman–Crippen LogP) is 5.27. The summed E-state index contributed by atoms with van der Waals surface area (Å²) in [5.74, 6) is 2.46. The highest BCUT2D eigenvalue weighted by molar-refractivity contribution is 6.30. The van der Waals surface area contributed by atoms with Crippen molar-refractivity contribution >= 4 is 17.4 Å². The van der Waals surface area contributed by atoms with Crippen LogP contribution in [0, 0.1) is 25.2 Å². The van der Waals surface area contributed by atoms with E-state index in [1.807, 2.05) is 38.1 Å². The lowest BCUT2D eigenvalue weighted by atomic mass is 9.79. The van der Waals surface area contributed by atoms with Crippen molar-refractivity contribution in [2.75, 3.05) is 0 Å². The van der Waals surface area contributed by atoms with Crippen molar-refractivity contribution in [2.24, 2.45) is 5.92 Å². The minimum absolute atomic E-state index is 0.0744. The van der Waals surface area contributed by atoms with Crippen LogP contribution in [0.15, 0.2) is 48.5 Å². The van der Waals surface area contributed by atoms with E-state index >= 15 is 0 Å². The number of Topliss-reactive ketones (excluding diaryl/α,β-unsaturated/α-hetero) is 1. The van der Waals surface area contributed by atoms with E-state index in [1.165, 1.54) is 0 Å². The number of carbonyl (C=O) groups is 1. The molecule has 0 N–H and O–H groups in total. The molecule has 0 radical (unpaired) electrons. The summed E-state index contributed by atoms with van der Waals surface area (Å²) in [7, 11) is 0. The first-order chi connectivity index (χ1) is 10.6. The van der Waals surface area contributed by atoms with E-state index in [2.05, 4.69) is 5.92 Å². The second kappa shape index (κ2) is 7.29. The molecule has 0 aliphatic rings. The molecule has 2 atom stereocenters. The fraction of sp³-hybridized carbons (Fsp3) is 0.250. The van der Waals surface area contributed by atoms with Gasteiger partial charge in [-0.3, -0.25) is 4.79 Å². The number of ketones is 1. The summed E-state index contributed by atoms with van der Waals surface area (Å²) < 4.78 is 0. The molecule has 2 heteroatoms. The second-order valence-electron chi connectivity index (χ2n) is 5.39. The molecule has 0 saturated carbocycles. The third-order valence-electron chi connectivity index (χ3n) is 4.01. The van der Waals surface area contributed by atoms with E-state index in [9.17, 15) is 4.79 Å². The van der Waals surface area contributed by atoms with Crippen LogP contribution in [0.4, 0.5) is 0 Å². The molecule has 0 saturated heterocycles. The summed E-state index contributed by atoms with van der Waals surface area (Å²) >= 11 is 5.89. The molecule has 0 bridgehead atoms. The third kappa shape index (κ3) is 3.40. The molecule has 0 spiro atoms. The van der Waals surface area contributed by atoms with Gasteiger partial charge in [0, 0.05) is 16.5 Å². The number of terminal acetylenes is 1. The lowest BCUT2D eigenvalue weighted by Crippen LogP contribution is -2.22. The summed E-state index contributed by atoms with van der Waals surface area (Å²) in [6, 6.07) is 15.0. The number of carbonyl (C=O) groups excluding carboxylic acids is 1. The molecule has 2 aromatic rings. The average molecular weight is 311 g/mol. The number of rotatable bonds is 5. The van der Waals surface area contributed by atoms with Crippen molar-refractivity contribution in [3.05, 3.63) is 70.2 Å². The first kappa shape index (κ1) is 16.3. The van der Waals surface area contributed by atoms with Crippen molar-refractivity contribution in [3.8, 4) is 12.3 Å². The quantitative estimate of drug-likeness (QED) is 0.543. The van der Waals surface area contributed by atoms with E-state index in [-0.39, 0.29) is 17.6 Å². The maximum Gasteiger partial charge on any atom is 0.167 e. The van der Waals surface area contributed by atoms with Crippen LogP contribution in [-0.2, 0) is 0 Å². The molecule has 0 aromatic heterocycles. The van der Waals surface area contributed by atoms with Crippen LogP contribution in [0.3, 0.4) is 0 Å². The number of halogens is 1. The minimum Gasteiger partial charge on any atom is -0.294 e. The summed E-state index contributed by atoms with van der Waals surface area (Å²) in [4.78, 5) is 12.8. The first-order valence-corrected chi connectivity index (χ1v) is 7.77. The molecule has 2 rings (SSSR count). The zero-order chi connectivity index (χ0) is 16.1. The van der Waals surface area contributed by atoms with E-state index < -0.39 is 0 Å². The van der Waals surface area contributed by atoms with Gasteiger partial charge in [0.05, 0.1) is 5.92 Å². The van der Waals surface area contributed by atoms with Gasteiger partial charge in [-0.25, -0.2) is 0 Å². The van der Waals surface area contributed by atoms with Crippen molar-refractivity contribution in [1.29, 1.82) is 0 Å². The van der Waals surface area contributed by atoms with E-state index in [0.717, 1.165) is 11.1 Å². The van der Waals surface area contributed by atoms with Gasteiger partial charge in [-0.05, 0) is 48.7 Å². The largest absolute Gasteiger partial charge is 0.294 e. The van der Waals surface area contributed by atoms with Crippen LogP contribution in [-0.4, -0.2) is 5.78 Å². The third-order valence-corrected chi connectivity index (χ3v) is 4.26. The first-order valence-electron chi connectivity index (χ1n) is 7.40. The van der Waals surface area contributed by atoms with Crippen LogP contribution in [0.5, 0.6) is 0 Å². The molecule has 0 unspecified atom stereocenters. The van der Waals surface area contributed by atoms with Gasteiger partial charge in [-0.2, -0.15) is 0 Å². The maximum atomic E-state index is 12.8. The van der Waals surface area contributed by atoms with Gasteiger partial charge >= 0.3 is 0 Å². The van der Waals surface area contributed by atoms with Crippen molar-refractivity contribution in [3.63, 3.8) is 0 Å². The Kier molecular flexibility index (Phi) is 5.41. The Labute approximate surface area is 137 Å². The number of benzene rings is 2. The maximum absolute atomic E-state index is 12.8. The zero-order valence-corrected chi connectivity index (χ0v) is 13.6. The average Bonchev–Trinajstić information content (AvgIpc) is 2.53. The Morgan fingerprint density at radius 3 is 2.36 bits per heavy atom. The topological polar surface area (TPSA) is 17.1 Å². The SMILES string of the molecule is C#C[C@@H](c1ccccc1C)[C@@H](CC)C(=O)c1ccc(Cl)cc1. The fourth-order valence-corrected chi connectivity index (χ4v) is 2.89. The number of aryl methyl sites for hydroxylation is 1. The molecule has 1 nitrogen and oxygen atoms in total. The molecule has 2 aromatic carbocycles. The Morgan fingerprint density at radius 1 is 1.18 bits per heavy atom. The monoisotopic (exact) mass is 310 g/mol. The van der Waals surface area contributed by atoms with Crippen LogP contribution >= 0.6 is 11.6 Å². The van der Waals surface area contributed by atoms with Crippen LogP contribution in [0.1, 0.15) is 40.7 Å². The normalized spacial score (nSPS) is 13.2. The van der Waals surface area contributed by atoms with Gasteiger partial charge < -0.3 is 0 Å². The Hall–Kier alpha value is -2.04. The Bertz CT molecular complexity index is 694. The van der Waals surface area contributed by atoms with Gasteiger partial charge in [0.25, 0.3) is 0 Å². The molecule has 0 fully saturated rings. The minimum atomic E-state index is -0.229. The summed E-state index contributed by atoms with van der Waals surface area (Å²) in [5, 5.41) is 0.622. The van der Waals surface area contributed by atoms with Crippen molar-refractivity contribution < 1.29 is 4.79 Å². The molecule has 0 amide bonds. The lowest BCUT2D eigenvalue weighted by molar-refractivity contribution is 0.0908. The smallest absolute Gasteiger partial charge is 0.167 e. The van der Waals surface area contributed by atoms with Gasteiger partial charge in [-0.1, -0.05) is 48.7 Å². The van der Waals surface area contributed by atoms with E-state index in [0.29, 0.717) is 17.0 Å². The molecular weight excluding hydrogens is 292 g/mol. The molecule has 22 heavy (non-hydrogen) atoms. The van der Waals surface area contributed by atoms with E-state index in [1.54, 1.807) is 24.3 Å². The molecule has 112 valence electrons. The van der Waals surface area contributed by atoms with Crippen LogP contribution in [0.2, 0.25) is 5.02 Å². The van der Waals surface area contributed by atoms with Crippen LogP contribution < -0.4 is 0 Å². The van der Waals surface area contributed by atoms with Crippen molar-refractivity contribution in [1.82, 2.24) is 0 Å². The van der Waals surface area contributed by atoms with Gasteiger partial charge in [0.2, 0.25) is 0 Å². The molecule has 0 heterocycles. The van der Waals surface area contributed by atoms with Gasteiger partial charge in [-0.15, -0.1) is 6.42 Å². The fourth-order valence-electron chi connectivity index (χ4n) is 2.76. The van der Waals surface area contributed by atoms with E-state index in [4.69, 9.17) is 18.0 Å². The number of hydrogen-bond donors (Lipinski definition) is 0. The molecule has 0 aliphatic carbocycles. The second-order valence-corrected chi connectivity index (χ2v) is 5.82. The summed E-state index contributed by atoms with van der Waals surface area (Å²) in [6.07, 6.45) is 6.47. The van der Waals surface area contributed by atoms with Gasteiger partial charge in [0.1, 0.15) is 0 Å². The zero-order valence-electron chi connectivity index (χ0n) is 12.8. The highest BCUT2D eigenvalue weighted by Gasteiger charge is 2.28. The lowest BCUT2D eigenvalue weighted by Gasteiger charge is -2.22. The van der Waals surface area contributed by atoms with Crippen LogP contribution in [0.25, 0.3) is 0 Å². The van der Waals surface area contributed by atoms with Gasteiger partial charge in [0.15, 0.2) is 5.78 Å². The van der Waals surface area contributed by atoms with Crippen molar-refractivity contribution in [2.45, 2.75) is 26.2 Å². The molecule has 0 aliphatic heterocycles. The highest BCUT2D eigenvalue weighted by atomic mass is 35.5. The summed E-state index contributed by atoms with van der Waals surface area (Å²) in [5.41, 5.74) is 2.83. The molecular formula is C20H19ClO. The number of hydrogen-bond acceptors (Lipinski definition) is 1. The predicted molar refractivity (Wildman–Crippen MR) is 92.3 cm³/mol. The highest BCUT2D eigenvalue weighted by Crippen LogP contribution is 2.31. The Balaban J connectivity index is 2.37. The summed E-state index contributed by atoms with van der Waals surface area (Å²) in [6.45, 7) is 4.03. The Morgan fingerprint density at radius 2 is 1.82 bits per heavy atom. The standard InChI is InChI=1S/C20H19ClO/c1-4-17(19-9-7-6-8-14(19)3)18(5-2)20(22)15-10-12-16(21)13-11-15/h1,6-13,17-18H,5H2,2-3H3/t17-,18-/m1/s1.